The molecule has 1 amide bonds. The summed E-state index contributed by atoms with van der Waals surface area (Å²) in [5.74, 6) is 0.158. The van der Waals surface area contributed by atoms with Crippen LogP contribution in [-0.2, 0) is 11.3 Å². The lowest BCUT2D eigenvalue weighted by atomic mass is 10.2. The number of amides is 1. The van der Waals surface area contributed by atoms with Crippen molar-refractivity contribution in [2.45, 2.75) is 37.7 Å². The van der Waals surface area contributed by atoms with E-state index in [-0.39, 0.29) is 11.7 Å². The molecule has 2 aromatic heterocycles. The fraction of sp³-hybridized carbons (Fsp3) is 0.312. The molecule has 1 atom stereocenters. The van der Waals surface area contributed by atoms with Crippen LogP contribution in [0.4, 0.5) is 9.52 Å². The second kappa shape index (κ2) is 7.92. The number of hydrogen-bond donors (Lipinski definition) is 1. The molecule has 0 spiro atoms. The number of anilines is 1. The van der Waals surface area contributed by atoms with Gasteiger partial charge in [-0.3, -0.25) is 10.1 Å². The lowest BCUT2D eigenvalue weighted by Crippen LogP contribution is -2.22. The summed E-state index contributed by atoms with van der Waals surface area (Å²) in [6, 6.07) is 6.09. The number of halogens is 1. The van der Waals surface area contributed by atoms with Gasteiger partial charge in [0.1, 0.15) is 10.8 Å². The van der Waals surface area contributed by atoms with E-state index in [9.17, 15) is 9.18 Å². The number of nitrogens with one attached hydrogen (secondary N) is 1. The molecule has 0 saturated carbocycles. The van der Waals surface area contributed by atoms with E-state index in [1.54, 1.807) is 19.1 Å². The molecule has 3 rings (SSSR count). The van der Waals surface area contributed by atoms with Crippen LogP contribution in [0.5, 0.6) is 0 Å². The van der Waals surface area contributed by atoms with Crippen LogP contribution >= 0.6 is 23.1 Å². The van der Waals surface area contributed by atoms with Gasteiger partial charge >= 0.3 is 0 Å². The van der Waals surface area contributed by atoms with Crippen LogP contribution < -0.4 is 5.32 Å². The Balaban J connectivity index is 1.75. The molecule has 0 bridgehead atoms. The third-order valence-electron chi connectivity index (χ3n) is 3.54. The quantitative estimate of drug-likeness (QED) is 0.647. The molecular weight excluding hydrogens is 375 g/mol. The summed E-state index contributed by atoms with van der Waals surface area (Å²) >= 11 is 2.63. The zero-order valence-corrected chi connectivity index (χ0v) is 16.1. The minimum absolute atomic E-state index is 0.180. The molecule has 0 saturated heterocycles. The number of rotatable bonds is 6. The van der Waals surface area contributed by atoms with Crippen LogP contribution in [0.1, 0.15) is 18.9 Å². The van der Waals surface area contributed by atoms with Gasteiger partial charge in [-0.05, 0) is 45.0 Å². The fourth-order valence-electron chi connectivity index (χ4n) is 2.24. The van der Waals surface area contributed by atoms with Crippen molar-refractivity contribution >= 4 is 34.1 Å². The van der Waals surface area contributed by atoms with E-state index in [2.05, 4.69) is 25.7 Å². The molecule has 0 aliphatic heterocycles. The first-order chi connectivity index (χ1) is 12.5. The summed E-state index contributed by atoms with van der Waals surface area (Å²) in [7, 11) is 0. The monoisotopic (exact) mass is 392 g/mol. The Bertz CT molecular complexity index is 908. The molecule has 26 heavy (non-hydrogen) atoms. The molecule has 0 fully saturated rings. The molecular formula is C16H17FN6OS2. The van der Waals surface area contributed by atoms with Crippen molar-refractivity contribution in [3.63, 3.8) is 0 Å². The Labute approximate surface area is 158 Å². The second-order valence-electron chi connectivity index (χ2n) is 5.43. The summed E-state index contributed by atoms with van der Waals surface area (Å²) in [5.41, 5.74) is 0.772. The zero-order chi connectivity index (χ0) is 18.7. The maximum Gasteiger partial charge on any atom is 0.239 e. The van der Waals surface area contributed by atoms with Gasteiger partial charge in [0.15, 0.2) is 11.0 Å². The van der Waals surface area contributed by atoms with Gasteiger partial charge in [-0.2, -0.15) is 0 Å². The molecule has 10 heteroatoms. The van der Waals surface area contributed by atoms with Crippen molar-refractivity contribution in [2.24, 2.45) is 0 Å². The molecule has 0 aliphatic rings. The smallest absolute Gasteiger partial charge is 0.239 e. The van der Waals surface area contributed by atoms with Crippen LogP contribution in [0.25, 0.3) is 11.4 Å². The van der Waals surface area contributed by atoms with Crippen LogP contribution in [0.3, 0.4) is 0 Å². The molecule has 3 aromatic rings. The van der Waals surface area contributed by atoms with E-state index < -0.39 is 5.25 Å². The Morgan fingerprint density at radius 1 is 1.27 bits per heavy atom. The third-order valence-corrected chi connectivity index (χ3v) is 5.38. The Kier molecular flexibility index (Phi) is 5.62. The highest BCUT2D eigenvalue weighted by Crippen LogP contribution is 2.27. The highest BCUT2D eigenvalue weighted by atomic mass is 32.2. The average Bonchev–Trinajstić information content (AvgIpc) is 3.21. The molecule has 136 valence electrons. The fourth-order valence-corrected chi connectivity index (χ4v) is 3.75. The Hall–Kier alpha value is -2.33. The van der Waals surface area contributed by atoms with Gasteiger partial charge in [0.25, 0.3) is 0 Å². The number of aryl methyl sites for hydroxylation is 1. The SMILES string of the molecule is CCn1c(SC(C)C(=O)Nc2nnc(C)s2)nnc1-c1ccc(F)cc1. The maximum absolute atomic E-state index is 13.1. The van der Waals surface area contributed by atoms with Gasteiger partial charge in [-0.1, -0.05) is 23.1 Å². The van der Waals surface area contributed by atoms with Gasteiger partial charge in [0, 0.05) is 12.1 Å². The molecule has 0 aliphatic carbocycles. The van der Waals surface area contributed by atoms with Crippen molar-refractivity contribution in [1.29, 1.82) is 0 Å². The normalized spacial score (nSPS) is 12.2. The van der Waals surface area contributed by atoms with Gasteiger partial charge in [0.2, 0.25) is 11.0 Å². The minimum Gasteiger partial charge on any atom is -0.302 e. The Morgan fingerprint density at radius 2 is 2.00 bits per heavy atom. The number of thioether (sulfide) groups is 1. The number of aromatic nitrogens is 5. The lowest BCUT2D eigenvalue weighted by Gasteiger charge is -2.11. The predicted molar refractivity (Wildman–Crippen MR) is 99.7 cm³/mol. The summed E-state index contributed by atoms with van der Waals surface area (Å²) in [4.78, 5) is 12.3. The summed E-state index contributed by atoms with van der Waals surface area (Å²) < 4.78 is 15.0. The van der Waals surface area contributed by atoms with Gasteiger partial charge in [-0.15, -0.1) is 20.4 Å². The lowest BCUT2D eigenvalue weighted by molar-refractivity contribution is -0.115. The van der Waals surface area contributed by atoms with E-state index in [1.807, 2.05) is 18.4 Å². The van der Waals surface area contributed by atoms with E-state index >= 15 is 0 Å². The number of nitrogens with zero attached hydrogens (tertiary/aromatic N) is 5. The molecule has 0 radical (unpaired) electrons. The van der Waals surface area contributed by atoms with E-state index in [0.29, 0.717) is 22.7 Å². The topological polar surface area (TPSA) is 85.6 Å². The van der Waals surface area contributed by atoms with E-state index in [0.717, 1.165) is 10.6 Å². The molecule has 1 aromatic carbocycles. The third kappa shape index (κ3) is 4.07. The standard InChI is InChI=1S/C16H17FN6OS2/c1-4-23-13(11-5-7-12(17)8-6-11)20-22-16(23)25-9(2)14(24)18-15-21-19-10(3)26-15/h5-9H,4H2,1-3H3,(H,18,21,24). The summed E-state index contributed by atoms with van der Waals surface area (Å²) in [6.45, 7) is 6.22. The zero-order valence-electron chi connectivity index (χ0n) is 14.4. The van der Waals surface area contributed by atoms with Crippen molar-refractivity contribution in [3.8, 4) is 11.4 Å². The first-order valence-electron chi connectivity index (χ1n) is 7.94. The molecule has 1 unspecified atom stereocenters. The van der Waals surface area contributed by atoms with Crippen molar-refractivity contribution in [3.05, 3.63) is 35.1 Å². The van der Waals surface area contributed by atoms with Crippen LogP contribution in [0, 0.1) is 12.7 Å². The Morgan fingerprint density at radius 3 is 2.62 bits per heavy atom. The highest BCUT2D eigenvalue weighted by Gasteiger charge is 2.21. The number of carbonyl (C=O) groups is 1. The van der Waals surface area contributed by atoms with Crippen LogP contribution in [0.15, 0.2) is 29.4 Å². The van der Waals surface area contributed by atoms with Crippen LogP contribution in [0.2, 0.25) is 0 Å². The van der Waals surface area contributed by atoms with Crippen molar-refractivity contribution in [2.75, 3.05) is 5.32 Å². The molecule has 7 nitrogen and oxygen atoms in total. The van der Waals surface area contributed by atoms with Gasteiger partial charge < -0.3 is 4.57 Å². The largest absolute Gasteiger partial charge is 0.302 e. The summed E-state index contributed by atoms with van der Waals surface area (Å²) in [6.07, 6.45) is 0. The first-order valence-corrected chi connectivity index (χ1v) is 9.64. The van der Waals surface area contributed by atoms with Gasteiger partial charge in [0.05, 0.1) is 5.25 Å². The average molecular weight is 392 g/mol. The van der Waals surface area contributed by atoms with Crippen LogP contribution in [-0.4, -0.2) is 36.1 Å². The van der Waals surface area contributed by atoms with Crippen molar-refractivity contribution < 1.29 is 9.18 Å². The maximum atomic E-state index is 13.1. The number of benzene rings is 1. The highest BCUT2D eigenvalue weighted by molar-refractivity contribution is 8.00. The van der Waals surface area contributed by atoms with E-state index in [1.165, 1.54) is 35.2 Å². The predicted octanol–water partition coefficient (Wildman–Crippen LogP) is 3.38. The van der Waals surface area contributed by atoms with Crippen molar-refractivity contribution in [1.82, 2.24) is 25.0 Å². The first kappa shape index (κ1) is 18.5. The molecule has 2 heterocycles. The minimum atomic E-state index is -0.394. The number of hydrogen-bond acceptors (Lipinski definition) is 7. The van der Waals surface area contributed by atoms with E-state index in [4.69, 9.17) is 0 Å². The summed E-state index contributed by atoms with van der Waals surface area (Å²) in [5, 5.41) is 20.4. The molecule has 1 N–H and O–H groups in total. The number of carbonyl (C=O) groups excluding carboxylic acids is 1. The van der Waals surface area contributed by atoms with Gasteiger partial charge in [-0.25, -0.2) is 4.39 Å². The second-order valence-corrected chi connectivity index (χ2v) is 7.92.